The predicted molar refractivity (Wildman–Crippen MR) is 183 cm³/mol. The minimum Gasteiger partial charge on any atom is -0.493 e. The Morgan fingerprint density at radius 2 is 0.740 bits per heavy atom. The molecule has 0 unspecified atom stereocenters. The second kappa shape index (κ2) is 17.1. The first kappa shape index (κ1) is 36.4. The molecule has 14 nitrogen and oxygen atoms in total. The summed E-state index contributed by atoms with van der Waals surface area (Å²) >= 11 is 0. The van der Waals surface area contributed by atoms with Crippen LogP contribution in [0.5, 0.6) is 57.5 Å². The first-order valence-corrected chi connectivity index (χ1v) is 14.7. The molecule has 0 aliphatic carbocycles. The lowest BCUT2D eigenvalue weighted by Gasteiger charge is -2.14. The van der Waals surface area contributed by atoms with Crippen LogP contribution < -0.4 is 47.4 Å². The van der Waals surface area contributed by atoms with E-state index in [1.165, 1.54) is 93.6 Å². The minimum absolute atomic E-state index is 0.183. The number of rotatable bonds is 15. The van der Waals surface area contributed by atoms with Gasteiger partial charge in [-0.2, -0.15) is 10.2 Å². The zero-order valence-electron chi connectivity index (χ0n) is 28.7. The van der Waals surface area contributed by atoms with Gasteiger partial charge in [0.2, 0.25) is 11.5 Å². The number of esters is 2. The van der Waals surface area contributed by atoms with E-state index in [9.17, 15) is 9.59 Å². The van der Waals surface area contributed by atoms with Gasteiger partial charge in [-0.05, 0) is 71.8 Å². The molecule has 262 valence electrons. The first-order chi connectivity index (χ1) is 24.2. The average molecular weight is 689 g/mol. The van der Waals surface area contributed by atoms with E-state index in [1.807, 2.05) is 0 Å². The molecule has 0 bridgehead atoms. The lowest BCUT2D eigenvalue weighted by molar-refractivity contribution is 0.0719. The van der Waals surface area contributed by atoms with Crippen LogP contribution in [0, 0.1) is 0 Å². The number of hydrogen-bond donors (Lipinski definition) is 0. The molecule has 14 heteroatoms. The largest absolute Gasteiger partial charge is 0.493 e. The second-order valence-electron chi connectivity index (χ2n) is 9.92. The quantitative estimate of drug-likeness (QED) is 0.0657. The van der Waals surface area contributed by atoms with E-state index in [0.717, 1.165) is 0 Å². The number of benzene rings is 4. The Labute approximate surface area is 288 Å². The third-order valence-corrected chi connectivity index (χ3v) is 7.06. The molecule has 0 spiro atoms. The van der Waals surface area contributed by atoms with Crippen molar-refractivity contribution in [3.05, 3.63) is 82.9 Å². The fraction of sp³-hybridized carbons (Fsp3) is 0.222. The minimum atomic E-state index is -0.661. The Balaban J connectivity index is 1.44. The van der Waals surface area contributed by atoms with Crippen LogP contribution in [0.3, 0.4) is 0 Å². The van der Waals surface area contributed by atoms with Gasteiger partial charge in [-0.25, -0.2) is 9.59 Å². The average Bonchev–Trinajstić information content (AvgIpc) is 3.15. The molecule has 4 aromatic rings. The van der Waals surface area contributed by atoms with Crippen LogP contribution in [-0.4, -0.2) is 81.2 Å². The summed E-state index contributed by atoms with van der Waals surface area (Å²) in [4.78, 5) is 26.0. The Hall–Kier alpha value is -6.44. The summed E-state index contributed by atoms with van der Waals surface area (Å²) in [6.07, 6.45) is 2.99. The van der Waals surface area contributed by atoms with Crippen molar-refractivity contribution < 1.29 is 57.0 Å². The molecule has 50 heavy (non-hydrogen) atoms. The van der Waals surface area contributed by atoms with Crippen LogP contribution in [0.4, 0.5) is 0 Å². The van der Waals surface area contributed by atoms with Crippen molar-refractivity contribution in [3.8, 4) is 57.5 Å². The molecular weight excluding hydrogens is 652 g/mol. The molecule has 0 aliphatic rings. The summed E-state index contributed by atoms with van der Waals surface area (Å²) in [5.74, 6) is 1.56. The van der Waals surface area contributed by atoms with E-state index in [4.69, 9.17) is 47.4 Å². The fourth-order valence-corrected chi connectivity index (χ4v) is 4.61. The maximum atomic E-state index is 13.0. The highest BCUT2D eigenvalue weighted by Crippen LogP contribution is 2.40. The molecule has 4 aromatic carbocycles. The van der Waals surface area contributed by atoms with E-state index in [2.05, 4.69) is 10.2 Å². The molecule has 0 saturated heterocycles. The third-order valence-electron chi connectivity index (χ3n) is 7.06. The van der Waals surface area contributed by atoms with Gasteiger partial charge in [-0.1, -0.05) is 0 Å². The highest BCUT2D eigenvalue weighted by Gasteiger charge is 2.21. The van der Waals surface area contributed by atoms with Crippen molar-refractivity contribution in [2.75, 3.05) is 56.9 Å². The summed E-state index contributed by atoms with van der Waals surface area (Å²) in [6.45, 7) is 0. The van der Waals surface area contributed by atoms with Gasteiger partial charge in [0, 0.05) is 0 Å². The number of carbonyl (C=O) groups excluding carboxylic acids is 2. The molecule has 0 aromatic heterocycles. The standard InChI is InChI=1S/C36H36N2O12/c1-41-27-13-21(9-11-25(27)49-35(39)23-15-29(43-3)33(47-7)30(16-23)44-4)19-37-38-20-22-10-12-26(28(14-22)42-2)50-36(40)24-17-31(45-5)34(48-8)32(18-24)46-6/h9-20H,1-8H3/b37-19-,38-20+. The molecular formula is C36H36N2O12. The zero-order chi connectivity index (χ0) is 36.2. The summed E-state index contributed by atoms with van der Waals surface area (Å²) in [6, 6.07) is 15.7. The van der Waals surface area contributed by atoms with E-state index in [-0.39, 0.29) is 22.6 Å². The van der Waals surface area contributed by atoms with Gasteiger partial charge in [0.05, 0.1) is 80.4 Å². The monoisotopic (exact) mass is 688 g/mol. The smallest absolute Gasteiger partial charge is 0.343 e. The Bertz CT molecular complexity index is 1720. The number of carbonyl (C=O) groups is 2. The van der Waals surface area contributed by atoms with Crippen molar-refractivity contribution in [2.45, 2.75) is 0 Å². The van der Waals surface area contributed by atoms with Crippen molar-refractivity contribution in [1.82, 2.24) is 0 Å². The first-order valence-electron chi connectivity index (χ1n) is 14.7. The van der Waals surface area contributed by atoms with Crippen molar-refractivity contribution >= 4 is 24.4 Å². The summed E-state index contributed by atoms with van der Waals surface area (Å²) in [5, 5.41) is 8.20. The van der Waals surface area contributed by atoms with Crippen LogP contribution >= 0.6 is 0 Å². The molecule has 0 atom stereocenters. The number of ether oxygens (including phenoxy) is 10. The predicted octanol–water partition coefficient (Wildman–Crippen LogP) is 5.65. The zero-order valence-corrected chi connectivity index (χ0v) is 28.7. The Morgan fingerprint density at radius 3 is 1.02 bits per heavy atom. The Kier molecular flexibility index (Phi) is 12.5. The van der Waals surface area contributed by atoms with E-state index < -0.39 is 11.9 Å². The summed E-state index contributed by atoms with van der Waals surface area (Å²) in [7, 11) is 11.6. The van der Waals surface area contributed by atoms with Crippen molar-refractivity contribution in [3.63, 3.8) is 0 Å². The van der Waals surface area contributed by atoms with Gasteiger partial charge < -0.3 is 47.4 Å². The van der Waals surface area contributed by atoms with Crippen LogP contribution in [-0.2, 0) is 0 Å². The topological polar surface area (TPSA) is 151 Å². The molecule has 0 saturated carbocycles. The van der Waals surface area contributed by atoms with Crippen molar-refractivity contribution in [1.29, 1.82) is 0 Å². The lowest BCUT2D eigenvalue weighted by Crippen LogP contribution is -2.10. The SMILES string of the molecule is COc1cc(/C=N\N=C\c2ccc(OC(=O)c3cc(OC)c(OC)c(OC)c3)c(OC)c2)ccc1OC(=O)c1cc(OC)c(OC)c(OC)c1. The maximum Gasteiger partial charge on any atom is 0.343 e. The van der Waals surface area contributed by atoms with Crippen molar-refractivity contribution in [2.24, 2.45) is 10.2 Å². The van der Waals surface area contributed by atoms with Gasteiger partial charge in [0.1, 0.15) is 0 Å². The third kappa shape index (κ3) is 8.34. The second-order valence-corrected chi connectivity index (χ2v) is 9.92. The normalized spacial score (nSPS) is 10.8. The maximum absolute atomic E-state index is 13.0. The molecule has 0 fully saturated rings. The van der Waals surface area contributed by atoms with Crippen LogP contribution in [0.1, 0.15) is 31.8 Å². The number of hydrogen-bond acceptors (Lipinski definition) is 14. The van der Waals surface area contributed by atoms with Gasteiger partial charge in [0.15, 0.2) is 46.0 Å². The van der Waals surface area contributed by atoms with E-state index in [0.29, 0.717) is 57.1 Å². The molecule has 0 heterocycles. The molecule has 0 aliphatic heterocycles. The fourth-order valence-electron chi connectivity index (χ4n) is 4.61. The number of nitrogens with zero attached hydrogens (tertiary/aromatic N) is 2. The van der Waals surface area contributed by atoms with Crippen LogP contribution in [0.25, 0.3) is 0 Å². The molecule has 0 N–H and O–H groups in total. The highest BCUT2D eigenvalue weighted by atomic mass is 16.6. The van der Waals surface area contributed by atoms with E-state index in [1.54, 1.807) is 36.4 Å². The van der Waals surface area contributed by atoms with Gasteiger partial charge in [-0.3, -0.25) is 0 Å². The molecule has 0 amide bonds. The Morgan fingerprint density at radius 1 is 0.420 bits per heavy atom. The molecule has 0 radical (unpaired) electrons. The van der Waals surface area contributed by atoms with Gasteiger partial charge in [-0.15, -0.1) is 0 Å². The number of methoxy groups -OCH3 is 8. The summed E-state index contributed by atoms with van der Waals surface area (Å²) in [5.41, 5.74) is 1.61. The molecule has 4 rings (SSSR count). The van der Waals surface area contributed by atoms with Crippen LogP contribution in [0.15, 0.2) is 70.9 Å². The lowest BCUT2D eigenvalue weighted by atomic mass is 10.1. The van der Waals surface area contributed by atoms with Gasteiger partial charge in [0.25, 0.3) is 0 Å². The van der Waals surface area contributed by atoms with Crippen LogP contribution in [0.2, 0.25) is 0 Å². The van der Waals surface area contributed by atoms with Gasteiger partial charge >= 0.3 is 11.9 Å². The summed E-state index contributed by atoms with van der Waals surface area (Å²) < 4.78 is 54.0. The van der Waals surface area contributed by atoms with E-state index >= 15 is 0 Å². The highest BCUT2D eigenvalue weighted by molar-refractivity contribution is 5.94.